The first-order chi connectivity index (χ1) is 9.33. The molecule has 100 valence electrons. The van der Waals surface area contributed by atoms with E-state index in [0.29, 0.717) is 5.25 Å². The minimum atomic E-state index is -0.116. The molecule has 2 unspecified atom stereocenters. The van der Waals surface area contributed by atoms with Gasteiger partial charge in [0.25, 0.3) is 0 Å². The third kappa shape index (κ3) is 2.92. The predicted molar refractivity (Wildman–Crippen MR) is 78.2 cm³/mol. The zero-order valence-electron chi connectivity index (χ0n) is 10.6. The molecule has 0 spiro atoms. The molecule has 0 bridgehead atoms. The van der Waals surface area contributed by atoms with Gasteiger partial charge in [0.05, 0.1) is 11.8 Å². The molecule has 1 aromatic carbocycles. The van der Waals surface area contributed by atoms with E-state index in [1.165, 1.54) is 5.56 Å². The van der Waals surface area contributed by atoms with Crippen molar-refractivity contribution < 1.29 is 4.79 Å². The highest BCUT2D eigenvalue weighted by atomic mass is 32.2. The Morgan fingerprint density at radius 1 is 1.32 bits per heavy atom. The normalized spacial score (nSPS) is 26.7. The molecule has 1 saturated heterocycles. The fraction of sp³-hybridized carbons (Fsp3) is 0.429. The molecule has 1 fully saturated rings. The average Bonchev–Trinajstić information content (AvgIpc) is 2.91. The molecule has 0 aromatic heterocycles. The molecule has 2 aliphatic heterocycles. The van der Waals surface area contributed by atoms with Crippen LogP contribution < -0.4 is 10.6 Å². The van der Waals surface area contributed by atoms with Gasteiger partial charge in [-0.1, -0.05) is 42.1 Å². The smallest absolute Gasteiger partial charge is 0.242 e. The Balaban J connectivity index is 1.58. The summed E-state index contributed by atoms with van der Waals surface area (Å²) in [7, 11) is 0. The van der Waals surface area contributed by atoms with E-state index in [2.05, 4.69) is 39.9 Å². The molecule has 2 heterocycles. The van der Waals surface area contributed by atoms with Crippen molar-refractivity contribution in [1.82, 2.24) is 10.6 Å². The number of aliphatic imine (C=N–C) groups is 1. The Labute approximate surface area is 117 Å². The summed E-state index contributed by atoms with van der Waals surface area (Å²) in [6.45, 7) is 1.58. The number of amidine groups is 1. The lowest BCUT2D eigenvalue weighted by Gasteiger charge is -2.23. The number of rotatable bonds is 2. The molecule has 2 N–H and O–H groups in total. The molecule has 0 aliphatic carbocycles. The number of nitrogens with zero attached hydrogens (tertiary/aromatic N) is 1. The summed E-state index contributed by atoms with van der Waals surface area (Å²) in [5.41, 5.74) is 1.29. The van der Waals surface area contributed by atoms with Gasteiger partial charge in [0.2, 0.25) is 5.91 Å². The molecule has 2 atom stereocenters. The first-order valence-corrected chi connectivity index (χ1v) is 7.51. The van der Waals surface area contributed by atoms with Gasteiger partial charge < -0.3 is 10.6 Å². The maximum atomic E-state index is 11.7. The van der Waals surface area contributed by atoms with E-state index in [0.717, 1.165) is 31.1 Å². The van der Waals surface area contributed by atoms with Crippen LogP contribution in [-0.4, -0.2) is 30.2 Å². The van der Waals surface area contributed by atoms with Crippen LogP contribution in [0.1, 0.15) is 23.7 Å². The van der Waals surface area contributed by atoms with Crippen LogP contribution in [-0.2, 0) is 4.79 Å². The van der Waals surface area contributed by atoms with Gasteiger partial charge in [-0.2, -0.15) is 0 Å². The molecule has 3 rings (SSSR count). The maximum absolute atomic E-state index is 11.7. The highest BCUT2D eigenvalue weighted by molar-refractivity contribution is 8.14. The largest absolute Gasteiger partial charge is 0.354 e. The van der Waals surface area contributed by atoms with Crippen LogP contribution in [0.4, 0.5) is 0 Å². The molecule has 4 nitrogen and oxygen atoms in total. The van der Waals surface area contributed by atoms with Crippen molar-refractivity contribution in [1.29, 1.82) is 0 Å². The second-order valence-corrected chi connectivity index (χ2v) is 5.98. The summed E-state index contributed by atoms with van der Waals surface area (Å²) in [4.78, 5) is 16.2. The van der Waals surface area contributed by atoms with Gasteiger partial charge >= 0.3 is 0 Å². The van der Waals surface area contributed by atoms with Crippen molar-refractivity contribution in [3.63, 3.8) is 0 Å². The van der Waals surface area contributed by atoms with Crippen LogP contribution in [0, 0.1) is 0 Å². The van der Waals surface area contributed by atoms with Crippen LogP contribution in [0.25, 0.3) is 0 Å². The lowest BCUT2D eigenvalue weighted by Crippen LogP contribution is -2.49. The maximum Gasteiger partial charge on any atom is 0.242 e. The lowest BCUT2D eigenvalue weighted by molar-refractivity contribution is -0.124. The minimum Gasteiger partial charge on any atom is -0.354 e. The Morgan fingerprint density at radius 2 is 2.16 bits per heavy atom. The van der Waals surface area contributed by atoms with Crippen molar-refractivity contribution >= 4 is 22.8 Å². The van der Waals surface area contributed by atoms with Gasteiger partial charge in [0.15, 0.2) is 5.17 Å². The molecular weight excluding hydrogens is 258 g/mol. The molecule has 1 amide bonds. The molecular formula is C14H17N3OS. The summed E-state index contributed by atoms with van der Waals surface area (Å²) in [6.07, 6.45) is 1.92. The van der Waals surface area contributed by atoms with E-state index < -0.39 is 0 Å². The highest BCUT2D eigenvalue weighted by Gasteiger charge is 2.27. The van der Waals surface area contributed by atoms with Gasteiger partial charge in [-0.05, 0) is 18.4 Å². The van der Waals surface area contributed by atoms with Gasteiger partial charge in [-0.25, -0.2) is 0 Å². The van der Waals surface area contributed by atoms with Gasteiger partial charge in [-0.3, -0.25) is 9.79 Å². The lowest BCUT2D eigenvalue weighted by atomic mass is 10.1. The fourth-order valence-corrected chi connectivity index (χ4v) is 3.43. The number of hydrogen-bond acceptors (Lipinski definition) is 4. The molecule has 1 aromatic rings. The Bertz CT molecular complexity index is 489. The van der Waals surface area contributed by atoms with Gasteiger partial charge in [-0.15, -0.1) is 0 Å². The van der Waals surface area contributed by atoms with Crippen LogP contribution in [0.2, 0.25) is 0 Å². The van der Waals surface area contributed by atoms with Crippen molar-refractivity contribution in [3.05, 3.63) is 35.9 Å². The van der Waals surface area contributed by atoms with Gasteiger partial charge in [0.1, 0.15) is 6.04 Å². The topological polar surface area (TPSA) is 53.5 Å². The fourth-order valence-electron chi connectivity index (χ4n) is 2.35. The van der Waals surface area contributed by atoms with E-state index in [4.69, 9.17) is 0 Å². The van der Waals surface area contributed by atoms with E-state index >= 15 is 0 Å². The van der Waals surface area contributed by atoms with Crippen molar-refractivity contribution in [2.75, 3.05) is 13.1 Å². The average molecular weight is 275 g/mol. The van der Waals surface area contributed by atoms with E-state index in [9.17, 15) is 4.79 Å². The number of thioether (sulfide) groups is 1. The quantitative estimate of drug-likeness (QED) is 0.864. The minimum absolute atomic E-state index is 0.0951. The molecule has 0 saturated carbocycles. The number of hydrogen-bond donors (Lipinski definition) is 2. The number of carbonyl (C=O) groups excluding carboxylic acids is 1. The third-order valence-electron chi connectivity index (χ3n) is 3.41. The molecule has 19 heavy (non-hydrogen) atoms. The Hall–Kier alpha value is -1.49. The standard InChI is InChI=1S/C14H17N3OS/c18-13-11(7-4-8-15-13)17-14-16-9-12(19-14)10-5-2-1-3-6-10/h1-3,5-6,11-12H,4,7-9H2,(H,15,18)(H,16,17). The van der Waals surface area contributed by atoms with Crippen molar-refractivity contribution in [2.45, 2.75) is 24.1 Å². The number of piperidine rings is 1. The first kappa shape index (κ1) is 12.5. The third-order valence-corrected chi connectivity index (χ3v) is 4.58. The summed E-state index contributed by atoms with van der Waals surface area (Å²) in [5, 5.41) is 7.42. The van der Waals surface area contributed by atoms with Crippen LogP contribution in [0.5, 0.6) is 0 Å². The summed E-state index contributed by atoms with van der Waals surface area (Å²) >= 11 is 1.72. The van der Waals surface area contributed by atoms with Crippen LogP contribution >= 0.6 is 11.8 Å². The summed E-state index contributed by atoms with van der Waals surface area (Å²) < 4.78 is 0. The van der Waals surface area contributed by atoms with Crippen molar-refractivity contribution in [3.8, 4) is 0 Å². The summed E-state index contributed by atoms with van der Waals surface area (Å²) in [6, 6.07) is 10.3. The van der Waals surface area contributed by atoms with E-state index in [-0.39, 0.29) is 11.9 Å². The number of amides is 1. The second-order valence-electron chi connectivity index (χ2n) is 4.79. The monoisotopic (exact) mass is 275 g/mol. The Kier molecular flexibility index (Phi) is 3.73. The zero-order chi connectivity index (χ0) is 13.1. The molecule has 5 heteroatoms. The molecule has 0 radical (unpaired) electrons. The number of carbonyl (C=O) groups is 1. The summed E-state index contributed by atoms with van der Waals surface area (Å²) in [5.74, 6) is 0.0951. The predicted octanol–water partition coefficient (Wildman–Crippen LogP) is 1.70. The van der Waals surface area contributed by atoms with Crippen LogP contribution in [0.3, 0.4) is 0 Å². The van der Waals surface area contributed by atoms with E-state index in [1.54, 1.807) is 11.8 Å². The second kappa shape index (κ2) is 5.65. The highest BCUT2D eigenvalue weighted by Crippen LogP contribution is 2.34. The zero-order valence-corrected chi connectivity index (χ0v) is 11.5. The van der Waals surface area contributed by atoms with Gasteiger partial charge in [0, 0.05) is 6.54 Å². The van der Waals surface area contributed by atoms with E-state index in [1.807, 2.05) is 6.07 Å². The number of nitrogens with one attached hydrogen (secondary N) is 2. The van der Waals surface area contributed by atoms with Crippen molar-refractivity contribution in [2.24, 2.45) is 4.99 Å². The first-order valence-electron chi connectivity index (χ1n) is 6.63. The SMILES string of the molecule is O=C1NCCCC1NC1=NCC(c2ccccc2)S1. The Morgan fingerprint density at radius 3 is 2.95 bits per heavy atom. The molecule has 2 aliphatic rings. The number of benzene rings is 1. The van der Waals surface area contributed by atoms with Crippen LogP contribution in [0.15, 0.2) is 35.3 Å².